The van der Waals surface area contributed by atoms with Gasteiger partial charge < -0.3 is 4.42 Å². The average molecular weight is 92.9 g/mol. The molecule has 0 amide bonds. The standard InChI is InChI=1S/C4H4BNO/c1-3-6-4(5)2-7-3/h2H,1H3. The van der Waals surface area contributed by atoms with E-state index in [4.69, 9.17) is 12.3 Å². The third-order valence-corrected chi connectivity index (χ3v) is 0.637. The number of nitrogens with zero attached hydrogens (tertiary/aromatic N) is 1. The van der Waals surface area contributed by atoms with Crippen molar-refractivity contribution >= 4 is 13.4 Å². The Morgan fingerprint density at radius 1 is 1.86 bits per heavy atom. The van der Waals surface area contributed by atoms with Gasteiger partial charge in [-0.25, -0.2) is 4.98 Å². The van der Waals surface area contributed by atoms with E-state index in [1.165, 1.54) is 6.26 Å². The van der Waals surface area contributed by atoms with E-state index in [1.807, 2.05) is 0 Å². The highest BCUT2D eigenvalue weighted by Crippen LogP contribution is 1.83. The van der Waals surface area contributed by atoms with Crippen LogP contribution in [0.1, 0.15) is 5.89 Å². The van der Waals surface area contributed by atoms with Crippen molar-refractivity contribution in [2.45, 2.75) is 6.92 Å². The number of aryl methyl sites for hydroxylation is 1. The fraction of sp³-hybridized carbons (Fsp3) is 0.250. The van der Waals surface area contributed by atoms with E-state index in [2.05, 4.69) is 4.98 Å². The Hall–Kier alpha value is -0.725. The summed E-state index contributed by atoms with van der Waals surface area (Å²) in [6.45, 7) is 1.75. The highest BCUT2D eigenvalue weighted by molar-refractivity contribution is 6.30. The van der Waals surface area contributed by atoms with Crippen molar-refractivity contribution in [3.05, 3.63) is 12.2 Å². The summed E-state index contributed by atoms with van der Waals surface area (Å²) in [6.07, 6.45) is 1.41. The third-order valence-electron chi connectivity index (χ3n) is 0.637. The molecule has 1 rings (SSSR count). The second-order valence-corrected chi connectivity index (χ2v) is 1.29. The van der Waals surface area contributed by atoms with E-state index in [1.54, 1.807) is 6.92 Å². The van der Waals surface area contributed by atoms with Crippen LogP contribution >= 0.6 is 0 Å². The summed E-state index contributed by atoms with van der Waals surface area (Å²) in [5.74, 6) is 0.609. The number of hydrogen-bond donors (Lipinski definition) is 0. The van der Waals surface area contributed by atoms with Crippen LogP contribution in [0.5, 0.6) is 0 Å². The molecule has 0 saturated heterocycles. The molecule has 0 aliphatic rings. The summed E-state index contributed by atoms with van der Waals surface area (Å²) in [6, 6.07) is 0. The molecular formula is C4H4BNO. The van der Waals surface area contributed by atoms with Gasteiger partial charge in [-0.1, -0.05) is 0 Å². The molecule has 0 fully saturated rings. The number of aromatic nitrogens is 1. The van der Waals surface area contributed by atoms with Gasteiger partial charge in [-0.15, -0.1) is 0 Å². The highest BCUT2D eigenvalue weighted by Gasteiger charge is 1.87. The van der Waals surface area contributed by atoms with Crippen LogP contribution in [0, 0.1) is 6.92 Å². The number of oxazole rings is 1. The SMILES string of the molecule is [B]c1coc(C)n1. The van der Waals surface area contributed by atoms with Crippen LogP contribution < -0.4 is 5.59 Å². The second kappa shape index (κ2) is 1.41. The van der Waals surface area contributed by atoms with Gasteiger partial charge in [-0.3, -0.25) is 0 Å². The Kier molecular flexibility index (Phi) is 0.892. The predicted molar refractivity (Wildman–Crippen MR) is 26.6 cm³/mol. The lowest BCUT2D eigenvalue weighted by Crippen LogP contribution is -2.00. The molecule has 7 heavy (non-hydrogen) atoms. The number of hydrogen-bond acceptors (Lipinski definition) is 2. The fourth-order valence-electron chi connectivity index (χ4n) is 0.380. The Morgan fingerprint density at radius 3 is 2.71 bits per heavy atom. The molecule has 1 aromatic heterocycles. The molecule has 2 radical (unpaired) electrons. The van der Waals surface area contributed by atoms with E-state index in [9.17, 15) is 0 Å². The zero-order chi connectivity index (χ0) is 5.28. The zero-order valence-corrected chi connectivity index (χ0v) is 4.01. The Balaban J connectivity index is 3.04. The Labute approximate surface area is 43.0 Å². The molecule has 0 aliphatic heterocycles. The van der Waals surface area contributed by atoms with Crippen molar-refractivity contribution in [3.8, 4) is 0 Å². The van der Waals surface area contributed by atoms with Crippen molar-refractivity contribution in [1.82, 2.24) is 4.98 Å². The van der Waals surface area contributed by atoms with Crippen LogP contribution in [-0.4, -0.2) is 12.8 Å². The van der Waals surface area contributed by atoms with Gasteiger partial charge in [0.15, 0.2) is 5.89 Å². The molecule has 0 bridgehead atoms. The molecule has 2 nitrogen and oxygen atoms in total. The molecule has 0 aliphatic carbocycles. The van der Waals surface area contributed by atoms with Crippen molar-refractivity contribution in [2.75, 3.05) is 0 Å². The highest BCUT2D eigenvalue weighted by atomic mass is 16.3. The first-order chi connectivity index (χ1) is 3.29. The first-order valence-corrected chi connectivity index (χ1v) is 1.96. The van der Waals surface area contributed by atoms with Gasteiger partial charge in [0.25, 0.3) is 0 Å². The fourth-order valence-corrected chi connectivity index (χ4v) is 0.380. The molecule has 3 heteroatoms. The minimum Gasteiger partial charge on any atom is -0.450 e. The van der Waals surface area contributed by atoms with Crippen molar-refractivity contribution in [2.24, 2.45) is 0 Å². The maximum atomic E-state index is 5.17. The molecule has 1 heterocycles. The maximum Gasteiger partial charge on any atom is 0.190 e. The zero-order valence-electron chi connectivity index (χ0n) is 4.01. The van der Waals surface area contributed by atoms with Crippen LogP contribution in [0.3, 0.4) is 0 Å². The first-order valence-electron chi connectivity index (χ1n) is 1.96. The monoisotopic (exact) mass is 93.0 g/mol. The maximum absolute atomic E-state index is 5.17. The lowest BCUT2D eigenvalue weighted by molar-refractivity contribution is 0.522. The molecule has 0 N–H and O–H groups in total. The van der Waals surface area contributed by atoms with Gasteiger partial charge in [-0.2, -0.15) is 0 Å². The molecule has 34 valence electrons. The minimum absolute atomic E-state index is 0.442. The number of rotatable bonds is 0. The second-order valence-electron chi connectivity index (χ2n) is 1.29. The van der Waals surface area contributed by atoms with Gasteiger partial charge in [-0.05, 0) is 0 Å². The molecule has 1 aromatic rings. The summed E-state index contributed by atoms with van der Waals surface area (Å²) < 4.78 is 4.73. The van der Waals surface area contributed by atoms with Gasteiger partial charge >= 0.3 is 0 Å². The molecule has 0 saturated carbocycles. The van der Waals surface area contributed by atoms with Crippen molar-refractivity contribution in [3.63, 3.8) is 0 Å². The topological polar surface area (TPSA) is 26.0 Å². The third kappa shape index (κ3) is 0.826. The van der Waals surface area contributed by atoms with Crippen molar-refractivity contribution in [1.29, 1.82) is 0 Å². The van der Waals surface area contributed by atoms with Crippen LogP contribution in [-0.2, 0) is 0 Å². The molecule has 0 spiro atoms. The summed E-state index contributed by atoms with van der Waals surface area (Å²) in [4.78, 5) is 3.72. The van der Waals surface area contributed by atoms with Gasteiger partial charge in [0.05, 0.1) is 0 Å². The lowest BCUT2D eigenvalue weighted by atomic mass is 10.1. The van der Waals surface area contributed by atoms with Crippen LogP contribution in [0.25, 0.3) is 0 Å². The minimum atomic E-state index is 0.442. The molecule has 0 atom stereocenters. The summed E-state index contributed by atoms with van der Waals surface area (Å²) in [5.41, 5.74) is 0.442. The molecular weight excluding hydrogens is 88.9 g/mol. The summed E-state index contributed by atoms with van der Waals surface area (Å²) >= 11 is 0. The van der Waals surface area contributed by atoms with Gasteiger partial charge in [0.1, 0.15) is 14.1 Å². The van der Waals surface area contributed by atoms with Crippen molar-refractivity contribution < 1.29 is 4.42 Å². The van der Waals surface area contributed by atoms with Crippen LogP contribution in [0.4, 0.5) is 0 Å². The largest absolute Gasteiger partial charge is 0.450 e. The normalized spacial score (nSPS) is 9.29. The molecule has 0 aromatic carbocycles. The summed E-state index contributed by atoms with van der Waals surface area (Å²) in [5, 5.41) is 0. The van der Waals surface area contributed by atoms with E-state index < -0.39 is 0 Å². The van der Waals surface area contributed by atoms with Crippen LogP contribution in [0.2, 0.25) is 0 Å². The molecule has 0 unspecified atom stereocenters. The Bertz CT molecular complexity index is 144. The van der Waals surface area contributed by atoms with Gasteiger partial charge in [0.2, 0.25) is 0 Å². The van der Waals surface area contributed by atoms with E-state index in [0.717, 1.165) is 0 Å². The predicted octanol–water partition coefficient (Wildman–Crippen LogP) is -0.223. The van der Waals surface area contributed by atoms with E-state index in [0.29, 0.717) is 11.5 Å². The van der Waals surface area contributed by atoms with Gasteiger partial charge in [0, 0.05) is 12.5 Å². The Morgan fingerprint density at radius 2 is 2.57 bits per heavy atom. The van der Waals surface area contributed by atoms with E-state index >= 15 is 0 Å². The first kappa shape index (κ1) is 4.43. The average Bonchev–Trinajstić information content (AvgIpc) is 1.87. The van der Waals surface area contributed by atoms with Crippen LogP contribution in [0.15, 0.2) is 10.7 Å². The lowest BCUT2D eigenvalue weighted by Gasteiger charge is -1.69. The summed E-state index contributed by atoms with van der Waals surface area (Å²) in [7, 11) is 5.17. The van der Waals surface area contributed by atoms with E-state index in [-0.39, 0.29) is 0 Å². The smallest absolute Gasteiger partial charge is 0.190 e. The quantitative estimate of drug-likeness (QED) is 0.414.